The van der Waals surface area contributed by atoms with Crippen LogP contribution < -0.4 is 0 Å². The van der Waals surface area contributed by atoms with Gasteiger partial charge in [0.05, 0.1) is 0 Å². The lowest BCUT2D eigenvalue weighted by Crippen LogP contribution is -2.49. The van der Waals surface area contributed by atoms with Crippen LogP contribution in [0.15, 0.2) is 0 Å². The molecular weight excluding hydrogens is 278 g/mol. The van der Waals surface area contributed by atoms with E-state index in [4.69, 9.17) is 0 Å². The first-order chi connectivity index (χ1) is 8.09. The molecule has 98 valence electrons. The summed E-state index contributed by atoms with van der Waals surface area (Å²) in [6.45, 7) is 6.32. The number of carbonyl (C=O) groups excluding carboxylic acids is 1. The number of hydrogen-bond acceptors (Lipinski definition) is 1. The molecule has 2 nitrogen and oxygen atoms in total. The first kappa shape index (κ1) is 13.4. The van der Waals surface area contributed by atoms with Gasteiger partial charge < -0.3 is 4.90 Å². The third-order valence-electron chi connectivity index (χ3n) is 4.84. The molecule has 1 heterocycles. The zero-order valence-electron chi connectivity index (χ0n) is 11.0. The largest absolute Gasteiger partial charge is 0.341 e. The van der Waals surface area contributed by atoms with E-state index in [0.717, 1.165) is 38.8 Å². The summed E-state index contributed by atoms with van der Waals surface area (Å²) in [5.74, 6) is 1.13. The molecule has 0 bridgehead atoms. The second-order valence-corrected chi connectivity index (χ2v) is 7.05. The second-order valence-electron chi connectivity index (χ2n) is 5.87. The Balaban J connectivity index is 2.04. The summed E-state index contributed by atoms with van der Waals surface area (Å²) in [4.78, 5) is 15.3. The quantitative estimate of drug-likeness (QED) is 0.714. The van der Waals surface area contributed by atoms with Crippen LogP contribution in [-0.4, -0.2) is 28.7 Å². The van der Waals surface area contributed by atoms with Gasteiger partial charge in [0, 0.05) is 23.3 Å². The zero-order valence-corrected chi connectivity index (χ0v) is 12.6. The summed E-state index contributed by atoms with van der Waals surface area (Å²) in [7, 11) is 0. The van der Waals surface area contributed by atoms with Gasteiger partial charge >= 0.3 is 0 Å². The minimum Gasteiger partial charge on any atom is -0.341 e. The van der Waals surface area contributed by atoms with E-state index < -0.39 is 0 Å². The fourth-order valence-corrected chi connectivity index (χ4v) is 3.93. The van der Waals surface area contributed by atoms with Crippen molar-refractivity contribution < 1.29 is 4.79 Å². The predicted octanol–water partition coefficient (Wildman–Crippen LogP) is 3.59. The Morgan fingerprint density at radius 1 is 1.41 bits per heavy atom. The highest BCUT2D eigenvalue weighted by Gasteiger charge is 2.43. The summed E-state index contributed by atoms with van der Waals surface area (Å²) in [6.07, 6.45) is 6.86. The van der Waals surface area contributed by atoms with Crippen molar-refractivity contribution in [2.75, 3.05) is 13.1 Å². The van der Waals surface area contributed by atoms with Crippen LogP contribution in [0.1, 0.15) is 52.4 Å². The van der Waals surface area contributed by atoms with Gasteiger partial charge in [0.2, 0.25) is 5.91 Å². The number of piperidine rings is 1. The molecule has 0 aromatic heterocycles. The fraction of sp³-hybridized carbons (Fsp3) is 0.929. The van der Waals surface area contributed by atoms with Gasteiger partial charge in [-0.15, -0.1) is 0 Å². The molecule has 0 aromatic carbocycles. The molecule has 3 heteroatoms. The lowest BCUT2D eigenvalue weighted by Gasteiger charge is -2.39. The first-order valence-corrected chi connectivity index (χ1v) is 7.94. The van der Waals surface area contributed by atoms with E-state index in [2.05, 4.69) is 34.7 Å². The fourth-order valence-electron chi connectivity index (χ4n) is 3.31. The number of carbonyl (C=O) groups is 1. The smallest absolute Gasteiger partial charge is 0.228 e. The molecule has 2 aliphatic rings. The lowest BCUT2D eigenvalue weighted by atomic mass is 9.81. The Kier molecular flexibility index (Phi) is 4.17. The van der Waals surface area contributed by atoms with Crippen molar-refractivity contribution >= 4 is 21.8 Å². The van der Waals surface area contributed by atoms with Gasteiger partial charge in [0.15, 0.2) is 0 Å². The number of likely N-dealkylation sites (tertiary alicyclic amines) is 1. The van der Waals surface area contributed by atoms with Crippen LogP contribution in [0.3, 0.4) is 0 Å². The minimum absolute atomic E-state index is 0.00665. The van der Waals surface area contributed by atoms with Crippen LogP contribution in [0.5, 0.6) is 0 Å². The molecule has 1 amide bonds. The maximum absolute atomic E-state index is 12.7. The highest BCUT2D eigenvalue weighted by Crippen LogP contribution is 2.43. The summed E-state index contributed by atoms with van der Waals surface area (Å²) in [5.41, 5.74) is -0.00665. The van der Waals surface area contributed by atoms with E-state index in [-0.39, 0.29) is 5.41 Å². The molecule has 0 radical (unpaired) electrons. The van der Waals surface area contributed by atoms with Crippen LogP contribution in [0.4, 0.5) is 0 Å². The molecule has 0 spiro atoms. The molecule has 2 unspecified atom stereocenters. The molecule has 0 aromatic rings. The number of nitrogens with zero attached hydrogens (tertiary/aromatic N) is 1. The van der Waals surface area contributed by atoms with Crippen LogP contribution in [0.2, 0.25) is 0 Å². The van der Waals surface area contributed by atoms with Crippen molar-refractivity contribution in [1.82, 2.24) is 4.90 Å². The zero-order chi connectivity index (χ0) is 12.5. The van der Waals surface area contributed by atoms with Gasteiger partial charge in [-0.1, -0.05) is 42.6 Å². The average Bonchev–Trinajstić information content (AvgIpc) is 2.81. The summed E-state index contributed by atoms with van der Waals surface area (Å²) in [5, 5.41) is 0. The molecule has 1 saturated carbocycles. The highest BCUT2D eigenvalue weighted by atomic mass is 79.9. The maximum atomic E-state index is 12.7. The monoisotopic (exact) mass is 301 g/mol. The van der Waals surface area contributed by atoms with Crippen molar-refractivity contribution in [1.29, 1.82) is 0 Å². The van der Waals surface area contributed by atoms with Gasteiger partial charge in [-0.2, -0.15) is 0 Å². The van der Waals surface area contributed by atoms with E-state index in [0.29, 0.717) is 16.7 Å². The Morgan fingerprint density at radius 2 is 2.06 bits per heavy atom. The van der Waals surface area contributed by atoms with E-state index in [9.17, 15) is 4.79 Å². The van der Waals surface area contributed by atoms with Crippen molar-refractivity contribution in [2.45, 2.75) is 57.2 Å². The molecular formula is C14H24BrNO. The number of amides is 1. The van der Waals surface area contributed by atoms with E-state index >= 15 is 0 Å². The topological polar surface area (TPSA) is 20.3 Å². The lowest BCUT2D eigenvalue weighted by molar-refractivity contribution is -0.143. The molecule has 2 rings (SSSR count). The molecule has 2 atom stereocenters. The third-order valence-corrected chi connectivity index (χ3v) is 6.04. The van der Waals surface area contributed by atoms with Gasteiger partial charge in [0.1, 0.15) is 0 Å². The van der Waals surface area contributed by atoms with Crippen molar-refractivity contribution in [2.24, 2.45) is 11.3 Å². The Hall–Kier alpha value is -0.0500. The van der Waals surface area contributed by atoms with E-state index in [1.54, 1.807) is 0 Å². The molecule has 0 N–H and O–H groups in total. The Labute approximate surface area is 113 Å². The van der Waals surface area contributed by atoms with Crippen molar-refractivity contribution in [3.05, 3.63) is 0 Å². The predicted molar refractivity (Wildman–Crippen MR) is 74.3 cm³/mol. The molecule has 1 saturated heterocycles. The van der Waals surface area contributed by atoms with E-state index in [1.807, 2.05) is 0 Å². The van der Waals surface area contributed by atoms with Crippen molar-refractivity contribution in [3.63, 3.8) is 0 Å². The van der Waals surface area contributed by atoms with Crippen LogP contribution >= 0.6 is 15.9 Å². The molecule has 17 heavy (non-hydrogen) atoms. The number of hydrogen-bond donors (Lipinski definition) is 0. The normalized spacial score (nSPS) is 32.8. The van der Waals surface area contributed by atoms with Gasteiger partial charge in [-0.3, -0.25) is 4.79 Å². The van der Waals surface area contributed by atoms with Gasteiger partial charge in [0.25, 0.3) is 0 Å². The molecule has 1 aliphatic heterocycles. The highest BCUT2D eigenvalue weighted by molar-refractivity contribution is 9.09. The second kappa shape index (κ2) is 5.29. The third kappa shape index (κ3) is 2.54. The number of alkyl halides is 1. The van der Waals surface area contributed by atoms with Crippen molar-refractivity contribution in [3.8, 4) is 0 Å². The number of halogens is 1. The average molecular weight is 302 g/mol. The molecule has 2 fully saturated rings. The number of rotatable bonds is 2. The minimum atomic E-state index is -0.00665. The SMILES string of the molecule is CCC1(C(=O)N2CCC(C)C(Br)C2)CCCC1. The Bertz CT molecular complexity index is 286. The Morgan fingerprint density at radius 3 is 2.59 bits per heavy atom. The summed E-state index contributed by atoms with van der Waals surface area (Å²) in [6, 6.07) is 0. The van der Waals surface area contributed by atoms with Gasteiger partial charge in [-0.25, -0.2) is 0 Å². The summed E-state index contributed by atoms with van der Waals surface area (Å²) >= 11 is 3.72. The maximum Gasteiger partial charge on any atom is 0.228 e. The standard InChI is InChI=1S/C14H24BrNO/c1-3-14(7-4-5-8-14)13(17)16-9-6-11(2)12(15)10-16/h11-12H,3-10H2,1-2H3. The van der Waals surface area contributed by atoms with Gasteiger partial charge in [-0.05, 0) is 31.6 Å². The molecule has 1 aliphatic carbocycles. The van der Waals surface area contributed by atoms with Crippen LogP contribution in [0.25, 0.3) is 0 Å². The van der Waals surface area contributed by atoms with E-state index in [1.165, 1.54) is 12.8 Å². The van der Waals surface area contributed by atoms with Crippen LogP contribution in [-0.2, 0) is 4.79 Å². The summed E-state index contributed by atoms with van der Waals surface area (Å²) < 4.78 is 0. The van der Waals surface area contributed by atoms with Crippen LogP contribution in [0, 0.1) is 11.3 Å². The first-order valence-electron chi connectivity index (χ1n) is 7.02.